The smallest absolute Gasteiger partial charge is 0.254 e. The molecule has 0 aliphatic carbocycles. The first-order valence-corrected chi connectivity index (χ1v) is 7.80. The van der Waals surface area contributed by atoms with E-state index >= 15 is 0 Å². The molecule has 2 heterocycles. The molecule has 0 bridgehead atoms. The molecule has 25 heavy (non-hydrogen) atoms. The Balaban J connectivity index is 2.09. The molecular weight excluding hydrogens is 331 g/mol. The Morgan fingerprint density at radius 2 is 1.76 bits per heavy atom. The normalized spacial score (nSPS) is 13.2. The van der Waals surface area contributed by atoms with Crippen LogP contribution in [0, 0.1) is 22.9 Å². The second-order valence-electron chi connectivity index (χ2n) is 6.95. The molecule has 0 radical (unpaired) electrons. The summed E-state index contributed by atoms with van der Waals surface area (Å²) in [6, 6.07) is 2.98. The molecule has 3 rings (SSSR count). The topological polar surface area (TPSA) is 55.1 Å². The second-order valence-corrected chi connectivity index (χ2v) is 6.95. The second kappa shape index (κ2) is 6.02. The summed E-state index contributed by atoms with van der Waals surface area (Å²) in [5.74, 6) is -2.54. The lowest BCUT2D eigenvalue weighted by Crippen LogP contribution is -2.31. The van der Waals surface area contributed by atoms with Gasteiger partial charge < -0.3 is 5.32 Å². The fourth-order valence-electron chi connectivity index (χ4n) is 2.20. The molecule has 0 spiro atoms. The highest BCUT2D eigenvalue weighted by Gasteiger charge is 2.22. The summed E-state index contributed by atoms with van der Waals surface area (Å²) in [4.78, 5) is 8.13. The van der Waals surface area contributed by atoms with Crippen LogP contribution in [0.1, 0.15) is 27.7 Å². The molecular formula is C17H18F3N5. The highest BCUT2D eigenvalue weighted by Crippen LogP contribution is 2.26. The number of benzene rings is 1. The third kappa shape index (κ3) is 3.29. The van der Waals surface area contributed by atoms with Crippen LogP contribution >= 0.6 is 0 Å². The van der Waals surface area contributed by atoms with Crippen molar-refractivity contribution in [3.63, 3.8) is 0 Å². The van der Waals surface area contributed by atoms with Gasteiger partial charge in [0.25, 0.3) is 5.78 Å². The zero-order valence-corrected chi connectivity index (χ0v) is 14.3. The molecule has 3 aromatic rings. The maximum absolute atomic E-state index is 14.0. The van der Waals surface area contributed by atoms with Crippen LogP contribution in [0.4, 0.5) is 19.0 Å². The van der Waals surface area contributed by atoms with Gasteiger partial charge in [-0.15, -0.1) is 5.10 Å². The van der Waals surface area contributed by atoms with Crippen molar-refractivity contribution in [3.8, 4) is 11.4 Å². The van der Waals surface area contributed by atoms with E-state index in [1.807, 2.05) is 6.92 Å². The standard InChI is InChI=1S/C17H18F3N5/c1-9(17(2,3)4)22-13-5-6-21-16-23-15(24-25(13)16)14-11(19)7-10(18)8-12(14)20/h5-9,22H,1-4H3/t9-/m1/s1. The number of aromatic nitrogens is 4. The molecule has 8 heteroatoms. The Kier molecular flexibility index (Phi) is 4.14. The lowest BCUT2D eigenvalue weighted by molar-refractivity contribution is 0.358. The van der Waals surface area contributed by atoms with E-state index in [9.17, 15) is 13.2 Å². The third-order valence-electron chi connectivity index (χ3n) is 4.13. The van der Waals surface area contributed by atoms with Gasteiger partial charge >= 0.3 is 0 Å². The van der Waals surface area contributed by atoms with Crippen molar-refractivity contribution in [3.05, 3.63) is 41.8 Å². The van der Waals surface area contributed by atoms with E-state index in [2.05, 4.69) is 41.2 Å². The Bertz CT molecular complexity index is 907. The van der Waals surface area contributed by atoms with Gasteiger partial charge in [-0.3, -0.25) is 0 Å². The van der Waals surface area contributed by atoms with Gasteiger partial charge in [-0.1, -0.05) is 20.8 Å². The number of halogens is 3. The fourth-order valence-corrected chi connectivity index (χ4v) is 2.20. The molecule has 0 unspecified atom stereocenters. The van der Waals surface area contributed by atoms with Gasteiger partial charge in [0.1, 0.15) is 23.3 Å². The van der Waals surface area contributed by atoms with E-state index in [-0.39, 0.29) is 23.1 Å². The van der Waals surface area contributed by atoms with Crippen molar-refractivity contribution in [2.45, 2.75) is 33.7 Å². The van der Waals surface area contributed by atoms with Gasteiger partial charge in [0.05, 0.1) is 5.56 Å². The fraction of sp³-hybridized carbons (Fsp3) is 0.353. The first-order valence-electron chi connectivity index (χ1n) is 7.80. The monoisotopic (exact) mass is 349 g/mol. The van der Waals surface area contributed by atoms with Gasteiger partial charge in [-0.05, 0) is 18.4 Å². The SMILES string of the molecule is C[C@@H](Nc1ccnc2nc(-c3c(F)cc(F)cc3F)nn12)C(C)(C)C. The number of rotatable bonds is 3. The minimum atomic E-state index is -1.06. The molecule has 132 valence electrons. The maximum atomic E-state index is 14.0. The van der Waals surface area contributed by atoms with Crippen molar-refractivity contribution < 1.29 is 13.2 Å². The Labute approximate surface area is 142 Å². The van der Waals surface area contributed by atoms with Crippen molar-refractivity contribution in [2.75, 3.05) is 5.32 Å². The molecule has 0 fully saturated rings. The number of hydrogen-bond acceptors (Lipinski definition) is 4. The van der Waals surface area contributed by atoms with Gasteiger partial charge in [-0.2, -0.15) is 9.50 Å². The molecule has 1 aromatic carbocycles. The van der Waals surface area contributed by atoms with Crippen LogP contribution in [0.25, 0.3) is 17.2 Å². The van der Waals surface area contributed by atoms with E-state index < -0.39 is 23.0 Å². The Morgan fingerprint density at radius 3 is 2.36 bits per heavy atom. The molecule has 1 N–H and O–H groups in total. The number of hydrogen-bond donors (Lipinski definition) is 1. The quantitative estimate of drug-likeness (QED) is 0.775. The van der Waals surface area contributed by atoms with E-state index in [4.69, 9.17) is 0 Å². The van der Waals surface area contributed by atoms with Crippen LogP contribution in [-0.4, -0.2) is 25.6 Å². The molecule has 0 saturated carbocycles. The average Bonchev–Trinajstić information content (AvgIpc) is 2.89. The largest absolute Gasteiger partial charge is 0.367 e. The Morgan fingerprint density at radius 1 is 1.12 bits per heavy atom. The highest BCUT2D eigenvalue weighted by molar-refractivity contribution is 5.60. The number of nitrogens with one attached hydrogen (secondary N) is 1. The molecule has 0 saturated heterocycles. The first kappa shape index (κ1) is 17.2. The van der Waals surface area contributed by atoms with Gasteiger partial charge in [-0.25, -0.2) is 18.2 Å². The summed E-state index contributed by atoms with van der Waals surface area (Å²) in [5.41, 5.74) is -0.504. The van der Waals surface area contributed by atoms with E-state index in [0.29, 0.717) is 18.0 Å². The zero-order valence-electron chi connectivity index (χ0n) is 14.3. The summed E-state index contributed by atoms with van der Waals surface area (Å²) >= 11 is 0. The number of anilines is 1. The number of fused-ring (bicyclic) bond motifs is 1. The molecule has 1 atom stereocenters. The van der Waals surface area contributed by atoms with Gasteiger partial charge in [0, 0.05) is 24.4 Å². The van der Waals surface area contributed by atoms with E-state index in [0.717, 1.165) is 0 Å². The highest BCUT2D eigenvalue weighted by atomic mass is 19.1. The van der Waals surface area contributed by atoms with Crippen LogP contribution in [0.2, 0.25) is 0 Å². The number of nitrogens with zero attached hydrogens (tertiary/aromatic N) is 4. The molecule has 2 aromatic heterocycles. The van der Waals surface area contributed by atoms with Gasteiger partial charge in [0.15, 0.2) is 5.82 Å². The predicted molar refractivity (Wildman–Crippen MR) is 88.6 cm³/mol. The first-order chi connectivity index (χ1) is 11.7. The van der Waals surface area contributed by atoms with E-state index in [1.165, 1.54) is 10.7 Å². The summed E-state index contributed by atoms with van der Waals surface area (Å²) in [6.07, 6.45) is 1.53. The summed E-state index contributed by atoms with van der Waals surface area (Å²) in [7, 11) is 0. The Hall–Kier alpha value is -2.64. The van der Waals surface area contributed by atoms with Crippen molar-refractivity contribution in [1.29, 1.82) is 0 Å². The van der Waals surface area contributed by atoms with Crippen molar-refractivity contribution in [2.24, 2.45) is 5.41 Å². The lowest BCUT2D eigenvalue weighted by Gasteiger charge is -2.28. The van der Waals surface area contributed by atoms with Crippen molar-refractivity contribution in [1.82, 2.24) is 19.6 Å². The molecule has 0 amide bonds. The molecule has 0 aliphatic heterocycles. The van der Waals surface area contributed by atoms with Crippen LogP contribution < -0.4 is 5.32 Å². The summed E-state index contributed by atoms with van der Waals surface area (Å²) in [6.45, 7) is 8.26. The van der Waals surface area contributed by atoms with Crippen LogP contribution in [0.5, 0.6) is 0 Å². The average molecular weight is 349 g/mol. The molecule has 5 nitrogen and oxygen atoms in total. The minimum absolute atomic E-state index is 0.0197. The van der Waals surface area contributed by atoms with Crippen LogP contribution in [0.15, 0.2) is 24.4 Å². The minimum Gasteiger partial charge on any atom is -0.367 e. The third-order valence-corrected chi connectivity index (χ3v) is 4.13. The van der Waals surface area contributed by atoms with Gasteiger partial charge in [0.2, 0.25) is 0 Å². The van der Waals surface area contributed by atoms with Crippen molar-refractivity contribution >= 4 is 11.6 Å². The maximum Gasteiger partial charge on any atom is 0.254 e. The molecule has 0 aliphatic rings. The van der Waals surface area contributed by atoms with Crippen LogP contribution in [-0.2, 0) is 0 Å². The zero-order chi connectivity index (χ0) is 18.4. The predicted octanol–water partition coefficient (Wildman–Crippen LogP) is 4.06. The van der Waals surface area contributed by atoms with Crippen LogP contribution in [0.3, 0.4) is 0 Å². The summed E-state index contributed by atoms with van der Waals surface area (Å²) < 4.78 is 42.4. The van der Waals surface area contributed by atoms with E-state index in [1.54, 1.807) is 6.07 Å². The summed E-state index contributed by atoms with van der Waals surface area (Å²) in [5, 5.41) is 7.45. The lowest BCUT2D eigenvalue weighted by atomic mass is 9.88.